The molecule has 0 radical (unpaired) electrons. The van der Waals surface area contributed by atoms with E-state index in [1.807, 2.05) is 29.9 Å². The second-order valence-electron chi connectivity index (χ2n) is 4.52. The van der Waals surface area contributed by atoms with Gasteiger partial charge in [-0.25, -0.2) is 4.98 Å². The van der Waals surface area contributed by atoms with E-state index in [2.05, 4.69) is 23.1 Å². The van der Waals surface area contributed by atoms with Crippen molar-refractivity contribution in [3.8, 4) is 12.3 Å². The van der Waals surface area contributed by atoms with E-state index in [0.717, 1.165) is 24.4 Å². The number of nitrogens with one attached hydrogen (secondary N) is 1. The van der Waals surface area contributed by atoms with Crippen LogP contribution in [0.15, 0.2) is 35.2 Å². The molecule has 0 aromatic carbocycles. The fourth-order valence-corrected chi connectivity index (χ4v) is 2.10. The normalized spacial score (nSPS) is 13.9. The van der Waals surface area contributed by atoms with Gasteiger partial charge in [-0.15, -0.1) is 6.42 Å². The van der Waals surface area contributed by atoms with Crippen molar-refractivity contribution in [3.05, 3.63) is 42.4 Å². The highest BCUT2D eigenvalue weighted by Gasteiger charge is 2.23. The van der Waals surface area contributed by atoms with Crippen LogP contribution in [0, 0.1) is 12.3 Å². The lowest BCUT2D eigenvalue weighted by atomic mass is 10.1. The largest absolute Gasteiger partial charge is 0.467 e. The molecule has 2 heterocycles. The maximum atomic E-state index is 5.58. The van der Waals surface area contributed by atoms with Crippen LogP contribution in [0.2, 0.25) is 0 Å². The molecular formula is C15H19N3O. The van der Waals surface area contributed by atoms with Crippen molar-refractivity contribution < 1.29 is 4.42 Å². The van der Waals surface area contributed by atoms with Crippen molar-refractivity contribution in [2.75, 3.05) is 0 Å². The zero-order valence-electron chi connectivity index (χ0n) is 11.3. The highest BCUT2D eigenvalue weighted by atomic mass is 16.3. The number of aromatic nitrogens is 2. The molecule has 4 heteroatoms. The van der Waals surface area contributed by atoms with E-state index in [1.165, 1.54) is 0 Å². The quantitative estimate of drug-likeness (QED) is 0.808. The van der Waals surface area contributed by atoms with E-state index >= 15 is 0 Å². The molecule has 19 heavy (non-hydrogen) atoms. The number of terminal acetylenes is 1. The Morgan fingerprint density at radius 1 is 1.58 bits per heavy atom. The summed E-state index contributed by atoms with van der Waals surface area (Å²) in [6, 6.07) is 3.70. The number of imidazole rings is 1. The lowest BCUT2D eigenvalue weighted by Gasteiger charge is -2.20. The molecule has 4 nitrogen and oxygen atoms in total. The van der Waals surface area contributed by atoms with E-state index in [0.29, 0.717) is 0 Å². The molecule has 0 saturated heterocycles. The summed E-state index contributed by atoms with van der Waals surface area (Å²) in [5, 5.41) is 3.44. The molecule has 2 unspecified atom stereocenters. The van der Waals surface area contributed by atoms with Crippen LogP contribution in [-0.2, 0) is 7.05 Å². The third-order valence-electron chi connectivity index (χ3n) is 3.09. The summed E-state index contributed by atoms with van der Waals surface area (Å²) in [6.45, 7) is 2.12. The van der Waals surface area contributed by atoms with Crippen LogP contribution in [-0.4, -0.2) is 15.6 Å². The van der Waals surface area contributed by atoms with Crippen LogP contribution in [0.5, 0.6) is 0 Å². The first-order valence-electron chi connectivity index (χ1n) is 6.49. The standard InChI is InChI=1S/C15H19N3O/c1-4-7-12(5-2)17-14(13-8-6-11-19-13)15-16-9-10-18(15)3/h2,6,8-12,14,17H,4,7H2,1,3H3. The van der Waals surface area contributed by atoms with Gasteiger partial charge in [0, 0.05) is 19.4 Å². The van der Waals surface area contributed by atoms with Crippen molar-refractivity contribution in [1.29, 1.82) is 0 Å². The molecule has 0 aliphatic heterocycles. The molecule has 2 rings (SSSR count). The molecule has 0 amide bonds. The summed E-state index contributed by atoms with van der Waals surface area (Å²) < 4.78 is 7.49. The number of hydrogen-bond acceptors (Lipinski definition) is 3. The summed E-state index contributed by atoms with van der Waals surface area (Å²) >= 11 is 0. The van der Waals surface area contributed by atoms with Gasteiger partial charge in [-0.1, -0.05) is 19.3 Å². The summed E-state index contributed by atoms with van der Waals surface area (Å²) in [5.74, 6) is 4.51. The summed E-state index contributed by atoms with van der Waals surface area (Å²) in [5.41, 5.74) is 0. The average molecular weight is 257 g/mol. The number of rotatable bonds is 6. The molecule has 0 fully saturated rings. The van der Waals surface area contributed by atoms with Gasteiger partial charge in [0.15, 0.2) is 0 Å². The second-order valence-corrected chi connectivity index (χ2v) is 4.52. The molecule has 0 bridgehead atoms. The molecule has 100 valence electrons. The zero-order chi connectivity index (χ0) is 13.7. The maximum absolute atomic E-state index is 5.58. The van der Waals surface area contributed by atoms with Gasteiger partial charge >= 0.3 is 0 Å². The van der Waals surface area contributed by atoms with Gasteiger partial charge in [0.25, 0.3) is 0 Å². The Bertz CT molecular complexity index is 536. The second kappa shape index (κ2) is 6.26. The van der Waals surface area contributed by atoms with E-state index in [4.69, 9.17) is 10.8 Å². The molecular weight excluding hydrogens is 238 g/mol. The summed E-state index contributed by atoms with van der Waals surface area (Å²) in [7, 11) is 1.96. The highest BCUT2D eigenvalue weighted by molar-refractivity contribution is 5.17. The third kappa shape index (κ3) is 3.07. The van der Waals surface area contributed by atoms with Crippen molar-refractivity contribution in [1.82, 2.24) is 14.9 Å². The van der Waals surface area contributed by atoms with E-state index in [1.54, 1.807) is 12.5 Å². The molecule has 0 saturated carbocycles. The Kier molecular flexibility index (Phi) is 4.43. The Morgan fingerprint density at radius 3 is 2.95 bits per heavy atom. The molecule has 0 aliphatic rings. The van der Waals surface area contributed by atoms with Crippen LogP contribution in [0.1, 0.15) is 37.4 Å². The van der Waals surface area contributed by atoms with Gasteiger partial charge in [0.2, 0.25) is 0 Å². The minimum absolute atomic E-state index is 0.0109. The van der Waals surface area contributed by atoms with Crippen molar-refractivity contribution in [3.63, 3.8) is 0 Å². The molecule has 2 aromatic rings. The lowest BCUT2D eigenvalue weighted by Crippen LogP contribution is -2.33. The Hall–Kier alpha value is -1.99. The van der Waals surface area contributed by atoms with Gasteiger partial charge < -0.3 is 8.98 Å². The maximum Gasteiger partial charge on any atom is 0.133 e. The van der Waals surface area contributed by atoms with Crippen LogP contribution in [0.3, 0.4) is 0 Å². The highest BCUT2D eigenvalue weighted by Crippen LogP contribution is 2.22. The smallest absolute Gasteiger partial charge is 0.133 e. The fraction of sp³-hybridized carbons (Fsp3) is 0.400. The van der Waals surface area contributed by atoms with Crippen LogP contribution < -0.4 is 5.32 Å². The molecule has 0 spiro atoms. The van der Waals surface area contributed by atoms with E-state index in [-0.39, 0.29) is 12.1 Å². The van der Waals surface area contributed by atoms with Crippen molar-refractivity contribution in [2.24, 2.45) is 7.05 Å². The first-order valence-corrected chi connectivity index (χ1v) is 6.49. The Balaban J connectivity index is 2.26. The number of hydrogen-bond donors (Lipinski definition) is 1. The van der Waals surface area contributed by atoms with Gasteiger partial charge in [0.05, 0.1) is 12.3 Å². The predicted octanol–water partition coefficient (Wildman–Crippen LogP) is 2.49. The fourth-order valence-electron chi connectivity index (χ4n) is 2.10. The predicted molar refractivity (Wildman–Crippen MR) is 74.4 cm³/mol. The first kappa shape index (κ1) is 13.4. The minimum atomic E-state index is -0.123. The SMILES string of the molecule is C#CC(CCC)NC(c1ccco1)c1nccn1C. The molecule has 2 aromatic heterocycles. The zero-order valence-corrected chi connectivity index (χ0v) is 11.3. The summed E-state index contributed by atoms with van der Waals surface area (Å²) in [4.78, 5) is 4.39. The molecule has 0 aliphatic carbocycles. The van der Waals surface area contributed by atoms with Crippen LogP contribution >= 0.6 is 0 Å². The summed E-state index contributed by atoms with van der Waals surface area (Å²) in [6.07, 6.45) is 12.9. The van der Waals surface area contributed by atoms with E-state index < -0.39 is 0 Å². The average Bonchev–Trinajstić information content (AvgIpc) is 3.06. The number of nitrogens with zero attached hydrogens (tertiary/aromatic N) is 2. The van der Waals surface area contributed by atoms with Gasteiger partial charge in [-0.3, -0.25) is 5.32 Å². The van der Waals surface area contributed by atoms with Gasteiger partial charge in [-0.05, 0) is 18.6 Å². The number of furan rings is 1. The van der Waals surface area contributed by atoms with Gasteiger partial charge in [0.1, 0.15) is 17.6 Å². The van der Waals surface area contributed by atoms with Crippen LogP contribution in [0.4, 0.5) is 0 Å². The Morgan fingerprint density at radius 2 is 2.42 bits per heavy atom. The lowest BCUT2D eigenvalue weighted by molar-refractivity contribution is 0.406. The Labute approximate surface area is 113 Å². The van der Waals surface area contributed by atoms with Gasteiger partial charge in [-0.2, -0.15) is 0 Å². The third-order valence-corrected chi connectivity index (χ3v) is 3.09. The van der Waals surface area contributed by atoms with E-state index in [9.17, 15) is 0 Å². The topological polar surface area (TPSA) is 43.0 Å². The number of aryl methyl sites for hydroxylation is 1. The first-order chi connectivity index (χ1) is 9.26. The minimum Gasteiger partial charge on any atom is -0.467 e. The van der Waals surface area contributed by atoms with Crippen LogP contribution in [0.25, 0.3) is 0 Å². The monoisotopic (exact) mass is 257 g/mol. The molecule has 1 N–H and O–H groups in total. The van der Waals surface area contributed by atoms with Crippen molar-refractivity contribution >= 4 is 0 Å². The molecule has 2 atom stereocenters. The van der Waals surface area contributed by atoms with Crippen molar-refractivity contribution in [2.45, 2.75) is 31.8 Å².